The number of methoxy groups -OCH3 is 1. The van der Waals surface area contributed by atoms with E-state index in [0.717, 1.165) is 11.1 Å². The van der Waals surface area contributed by atoms with Gasteiger partial charge in [-0.05, 0) is 17.7 Å². The summed E-state index contributed by atoms with van der Waals surface area (Å²) in [5.41, 5.74) is 0.872. The van der Waals surface area contributed by atoms with Crippen LogP contribution in [0.1, 0.15) is 11.1 Å². The van der Waals surface area contributed by atoms with Crippen molar-refractivity contribution >= 4 is 11.9 Å². The standard InChI is InChI=1S/C18H17NO3/c1-21-17(20)18(12-14-8-4-2-5-9-14)13-22-16(19-18)15-10-6-3-7-11-15/h2-11H,12-13H2,1H3/t18-/m0/s1. The summed E-state index contributed by atoms with van der Waals surface area (Å²) in [6.45, 7) is 0.193. The van der Waals surface area contributed by atoms with Crippen molar-refractivity contribution in [2.45, 2.75) is 12.0 Å². The minimum atomic E-state index is -1.01. The lowest BCUT2D eigenvalue weighted by atomic mass is 9.92. The Morgan fingerprint density at radius 3 is 2.41 bits per heavy atom. The van der Waals surface area contributed by atoms with E-state index in [0.29, 0.717) is 12.3 Å². The molecule has 0 radical (unpaired) electrons. The summed E-state index contributed by atoms with van der Waals surface area (Å²) >= 11 is 0. The molecule has 0 fully saturated rings. The summed E-state index contributed by atoms with van der Waals surface area (Å²) in [5.74, 6) is 0.115. The highest BCUT2D eigenvalue weighted by molar-refractivity contribution is 5.99. The van der Waals surface area contributed by atoms with E-state index in [2.05, 4.69) is 4.99 Å². The van der Waals surface area contributed by atoms with Gasteiger partial charge in [0.05, 0.1) is 7.11 Å². The second-order valence-electron chi connectivity index (χ2n) is 5.26. The highest BCUT2D eigenvalue weighted by atomic mass is 16.5. The van der Waals surface area contributed by atoms with E-state index in [1.54, 1.807) is 0 Å². The van der Waals surface area contributed by atoms with E-state index in [1.807, 2.05) is 60.7 Å². The number of esters is 1. The molecule has 1 atom stereocenters. The molecule has 0 unspecified atom stereocenters. The smallest absolute Gasteiger partial charge is 0.337 e. The molecule has 0 saturated heterocycles. The third-order valence-electron chi connectivity index (χ3n) is 3.69. The first-order valence-electron chi connectivity index (χ1n) is 7.14. The molecule has 22 heavy (non-hydrogen) atoms. The van der Waals surface area contributed by atoms with E-state index < -0.39 is 5.54 Å². The molecule has 0 N–H and O–H groups in total. The highest BCUT2D eigenvalue weighted by Gasteiger charge is 2.45. The van der Waals surface area contributed by atoms with Gasteiger partial charge in [-0.15, -0.1) is 0 Å². The normalized spacial score (nSPS) is 20.1. The second-order valence-corrected chi connectivity index (χ2v) is 5.26. The maximum absolute atomic E-state index is 12.3. The second kappa shape index (κ2) is 6.02. The van der Waals surface area contributed by atoms with E-state index in [9.17, 15) is 4.79 Å². The van der Waals surface area contributed by atoms with Crippen LogP contribution in [0.5, 0.6) is 0 Å². The fraction of sp³-hybridized carbons (Fsp3) is 0.222. The Labute approximate surface area is 129 Å². The molecule has 0 aliphatic carbocycles. The van der Waals surface area contributed by atoms with Gasteiger partial charge in [0, 0.05) is 12.0 Å². The van der Waals surface area contributed by atoms with Crippen LogP contribution in [0.3, 0.4) is 0 Å². The van der Waals surface area contributed by atoms with Crippen LogP contribution in [-0.4, -0.2) is 31.1 Å². The largest absolute Gasteiger partial charge is 0.474 e. The van der Waals surface area contributed by atoms with E-state index in [1.165, 1.54) is 7.11 Å². The maximum atomic E-state index is 12.3. The molecule has 1 aliphatic heterocycles. The summed E-state index contributed by atoms with van der Waals surface area (Å²) < 4.78 is 10.7. The molecule has 1 heterocycles. The quantitative estimate of drug-likeness (QED) is 0.815. The van der Waals surface area contributed by atoms with Crippen molar-refractivity contribution in [3.8, 4) is 0 Å². The van der Waals surface area contributed by atoms with Crippen molar-refractivity contribution < 1.29 is 14.3 Å². The first kappa shape index (κ1) is 14.3. The summed E-state index contributed by atoms with van der Waals surface area (Å²) in [5, 5.41) is 0. The van der Waals surface area contributed by atoms with Gasteiger partial charge in [0.1, 0.15) is 6.61 Å². The lowest BCUT2D eigenvalue weighted by Gasteiger charge is -2.20. The van der Waals surface area contributed by atoms with Gasteiger partial charge in [-0.2, -0.15) is 0 Å². The zero-order chi connectivity index (χ0) is 15.4. The number of carbonyl (C=O) groups is 1. The predicted molar refractivity (Wildman–Crippen MR) is 83.8 cm³/mol. The lowest BCUT2D eigenvalue weighted by Crippen LogP contribution is -2.41. The van der Waals surface area contributed by atoms with Gasteiger partial charge < -0.3 is 9.47 Å². The Kier molecular flexibility index (Phi) is 3.92. The van der Waals surface area contributed by atoms with Crippen LogP contribution < -0.4 is 0 Å². The Bertz CT molecular complexity index is 682. The van der Waals surface area contributed by atoms with Crippen molar-refractivity contribution in [1.29, 1.82) is 0 Å². The molecular formula is C18H17NO3. The van der Waals surface area contributed by atoms with Gasteiger partial charge in [0.2, 0.25) is 5.90 Å². The Morgan fingerprint density at radius 2 is 1.77 bits per heavy atom. The molecule has 0 saturated carbocycles. The van der Waals surface area contributed by atoms with Gasteiger partial charge in [0.15, 0.2) is 5.54 Å². The SMILES string of the molecule is COC(=O)[C@]1(Cc2ccccc2)COC(c2ccccc2)=N1. The van der Waals surface area contributed by atoms with Gasteiger partial charge in [-0.25, -0.2) is 9.79 Å². The van der Waals surface area contributed by atoms with Gasteiger partial charge in [-0.3, -0.25) is 0 Å². The molecule has 4 nitrogen and oxygen atoms in total. The van der Waals surface area contributed by atoms with Crippen molar-refractivity contribution in [3.05, 3.63) is 71.8 Å². The maximum Gasteiger partial charge on any atom is 0.337 e. The van der Waals surface area contributed by atoms with Crippen LogP contribution in [0.4, 0.5) is 0 Å². The van der Waals surface area contributed by atoms with Crippen LogP contribution in [0.25, 0.3) is 0 Å². The summed E-state index contributed by atoms with van der Waals surface area (Å²) in [7, 11) is 1.38. The minimum Gasteiger partial charge on any atom is -0.474 e. The fourth-order valence-corrected chi connectivity index (χ4v) is 2.57. The molecule has 1 aliphatic rings. The fourth-order valence-electron chi connectivity index (χ4n) is 2.57. The molecule has 0 spiro atoms. The van der Waals surface area contributed by atoms with Crippen LogP contribution in [-0.2, 0) is 20.7 Å². The van der Waals surface area contributed by atoms with Crippen LogP contribution in [0, 0.1) is 0 Å². The number of carbonyl (C=O) groups excluding carboxylic acids is 1. The van der Waals surface area contributed by atoms with Crippen LogP contribution in [0.15, 0.2) is 65.7 Å². The molecule has 112 valence electrons. The van der Waals surface area contributed by atoms with Gasteiger partial charge in [0.25, 0.3) is 0 Å². The van der Waals surface area contributed by atoms with E-state index >= 15 is 0 Å². The Hall–Kier alpha value is -2.62. The zero-order valence-electron chi connectivity index (χ0n) is 12.4. The van der Waals surface area contributed by atoms with E-state index in [4.69, 9.17) is 9.47 Å². The van der Waals surface area contributed by atoms with Crippen molar-refractivity contribution in [2.75, 3.05) is 13.7 Å². The van der Waals surface area contributed by atoms with Crippen LogP contribution in [0.2, 0.25) is 0 Å². The summed E-state index contributed by atoms with van der Waals surface area (Å²) in [6, 6.07) is 19.3. The van der Waals surface area contributed by atoms with Crippen molar-refractivity contribution in [2.24, 2.45) is 4.99 Å². The van der Waals surface area contributed by atoms with E-state index in [-0.39, 0.29) is 12.6 Å². The van der Waals surface area contributed by atoms with Crippen LogP contribution >= 0.6 is 0 Å². The zero-order valence-corrected chi connectivity index (χ0v) is 12.4. The monoisotopic (exact) mass is 295 g/mol. The predicted octanol–water partition coefficient (Wildman–Crippen LogP) is 2.62. The number of hydrogen-bond acceptors (Lipinski definition) is 4. The third kappa shape index (κ3) is 2.72. The van der Waals surface area contributed by atoms with Gasteiger partial charge in [-0.1, -0.05) is 48.5 Å². The first-order valence-corrected chi connectivity index (χ1v) is 7.14. The number of benzene rings is 2. The number of ether oxygens (including phenoxy) is 2. The minimum absolute atomic E-state index is 0.193. The number of rotatable bonds is 4. The Morgan fingerprint density at radius 1 is 1.14 bits per heavy atom. The molecule has 4 heteroatoms. The van der Waals surface area contributed by atoms with Gasteiger partial charge >= 0.3 is 5.97 Å². The molecule has 2 aromatic carbocycles. The van der Waals surface area contributed by atoms with Crippen molar-refractivity contribution in [3.63, 3.8) is 0 Å². The molecule has 0 aromatic heterocycles. The molecule has 0 bridgehead atoms. The van der Waals surface area contributed by atoms with Crippen molar-refractivity contribution in [1.82, 2.24) is 0 Å². The molecule has 0 amide bonds. The highest BCUT2D eigenvalue weighted by Crippen LogP contribution is 2.27. The summed E-state index contributed by atoms with van der Waals surface area (Å²) in [6.07, 6.45) is 0.455. The third-order valence-corrected chi connectivity index (χ3v) is 3.69. The lowest BCUT2D eigenvalue weighted by molar-refractivity contribution is -0.147. The molecule has 3 rings (SSSR count). The Balaban J connectivity index is 1.95. The summed E-state index contributed by atoms with van der Waals surface area (Å²) in [4.78, 5) is 16.9. The number of aliphatic imine (C=N–C) groups is 1. The average molecular weight is 295 g/mol. The number of hydrogen-bond donors (Lipinski definition) is 0. The molecular weight excluding hydrogens is 278 g/mol. The average Bonchev–Trinajstić information content (AvgIpc) is 3.01. The first-order chi connectivity index (χ1) is 10.7. The topological polar surface area (TPSA) is 47.9 Å². The molecule has 2 aromatic rings. The number of nitrogens with zero attached hydrogens (tertiary/aromatic N) is 1.